The number of allylic oxidation sites excluding steroid dienone is 1. The lowest BCUT2D eigenvalue weighted by molar-refractivity contribution is -0.384. The molecule has 0 bridgehead atoms. The molecule has 2 aromatic carbocycles. The summed E-state index contributed by atoms with van der Waals surface area (Å²) in [5.41, 5.74) is 0.388. The Labute approximate surface area is 199 Å². The number of nitro groups is 1. The van der Waals surface area contributed by atoms with Crippen LogP contribution in [0.5, 0.6) is 5.75 Å². The van der Waals surface area contributed by atoms with Crippen LogP contribution in [0.1, 0.15) is 5.82 Å². The second kappa shape index (κ2) is 10.2. The Balaban J connectivity index is 1.68. The van der Waals surface area contributed by atoms with Crippen LogP contribution < -0.4 is 9.64 Å². The van der Waals surface area contributed by atoms with Crippen LogP contribution in [0.2, 0.25) is 5.02 Å². The van der Waals surface area contributed by atoms with Gasteiger partial charge in [0.05, 0.1) is 28.8 Å². The molecule has 34 heavy (non-hydrogen) atoms. The number of aliphatic hydroxyl groups is 1. The fraction of sp³-hybridized carbons (Fsp3) is 0.227. The molecule has 1 saturated heterocycles. The molecular formula is C22H19ClN6O5. The standard InChI is InChI=1S/C22H19ClN6O5/c23-18-12-16(29(31)32)6-7-20(18)34-14-19(30)17(13-24)21-25-26-22(27-8-10-33-11-9-27)28(21)15-4-2-1-3-5-15/h1-7,12,30H,8-11,14H2. The largest absolute Gasteiger partial charge is 0.507 e. The van der Waals surface area contributed by atoms with E-state index in [1.165, 1.54) is 12.1 Å². The van der Waals surface area contributed by atoms with Gasteiger partial charge in [-0.05, 0) is 18.2 Å². The van der Waals surface area contributed by atoms with E-state index in [0.717, 1.165) is 6.07 Å². The van der Waals surface area contributed by atoms with Crippen LogP contribution in [0.15, 0.2) is 54.3 Å². The molecule has 1 aromatic heterocycles. The van der Waals surface area contributed by atoms with E-state index in [1.807, 2.05) is 41.3 Å². The lowest BCUT2D eigenvalue weighted by Gasteiger charge is -2.28. The van der Waals surface area contributed by atoms with Crippen LogP contribution in [-0.4, -0.2) is 57.7 Å². The summed E-state index contributed by atoms with van der Waals surface area (Å²) in [6, 6.07) is 14.9. The van der Waals surface area contributed by atoms with Crippen molar-refractivity contribution < 1.29 is 19.5 Å². The van der Waals surface area contributed by atoms with E-state index in [1.54, 1.807) is 4.57 Å². The molecule has 4 rings (SSSR count). The predicted octanol–water partition coefficient (Wildman–Crippen LogP) is 3.54. The maximum atomic E-state index is 10.9. The zero-order chi connectivity index (χ0) is 24.1. The molecule has 1 aliphatic rings. The smallest absolute Gasteiger partial charge is 0.271 e. The van der Waals surface area contributed by atoms with Crippen molar-refractivity contribution in [1.82, 2.24) is 14.8 Å². The van der Waals surface area contributed by atoms with E-state index in [9.17, 15) is 20.5 Å². The molecular weight excluding hydrogens is 464 g/mol. The Hall–Kier alpha value is -4.14. The molecule has 0 unspecified atom stereocenters. The number of nitriles is 1. The molecule has 1 fully saturated rings. The number of aliphatic hydroxyl groups excluding tert-OH is 1. The van der Waals surface area contributed by atoms with E-state index in [2.05, 4.69) is 10.2 Å². The van der Waals surface area contributed by atoms with Crippen LogP contribution in [0.3, 0.4) is 0 Å². The van der Waals surface area contributed by atoms with Gasteiger partial charge in [-0.25, -0.2) is 0 Å². The number of halogens is 1. The third-order valence-corrected chi connectivity index (χ3v) is 5.36. The first-order chi connectivity index (χ1) is 16.5. The maximum absolute atomic E-state index is 10.9. The van der Waals surface area contributed by atoms with Crippen molar-refractivity contribution in [2.45, 2.75) is 0 Å². The number of anilines is 1. The third kappa shape index (κ3) is 4.78. The second-order valence-electron chi connectivity index (χ2n) is 7.19. The van der Waals surface area contributed by atoms with Gasteiger partial charge in [-0.2, -0.15) is 5.26 Å². The monoisotopic (exact) mass is 482 g/mol. The summed E-state index contributed by atoms with van der Waals surface area (Å²) in [6.45, 7) is 1.86. The molecule has 0 radical (unpaired) electrons. The number of morpholine rings is 1. The summed E-state index contributed by atoms with van der Waals surface area (Å²) < 4.78 is 12.6. The van der Waals surface area contributed by atoms with Crippen LogP contribution in [0, 0.1) is 21.4 Å². The van der Waals surface area contributed by atoms with Gasteiger partial charge < -0.3 is 19.5 Å². The number of nitrogens with zero attached hydrogens (tertiary/aromatic N) is 6. The minimum atomic E-state index is -0.580. The maximum Gasteiger partial charge on any atom is 0.271 e. The molecule has 0 amide bonds. The molecule has 174 valence electrons. The molecule has 11 nitrogen and oxygen atoms in total. The average molecular weight is 483 g/mol. The first-order valence-electron chi connectivity index (χ1n) is 10.2. The lowest BCUT2D eigenvalue weighted by Crippen LogP contribution is -2.38. The first kappa shape index (κ1) is 23.0. The Morgan fingerprint density at radius 1 is 1.24 bits per heavy atom. The predicted molar refractivity (Wildman–Crippen MR) is 123 cm³/mol. The fourth-order valence-corrected chi connectivity index (χ4v) is 3.63. The molecule has 1 aliphatic heterocycles. The van der Waals surface area contributed by atoms with Gasteiger partial charge in [0.1, 0.15) is 24.0 Å². The number of benzene rings is 2. The summed E-state index contributed by atoms with van der Waals surface area (Å²) >= 11 is 6.05. The van der Waals surface area contributed by atoms with Crippen molar-refractivity contribution in [1.29, 1.82) is 5.26 Å². The highest BCUT2D eigenvalue weighted by atomic mass is 35.5. The quantitative estimate of drug-likeness (QED) is 0.231. The minimum absolute atomic E-state index is 0.00237. The van der Waals surface area contributed by atoms with E-state index in [-0.39, 0.29) is 27.9 Å². The highest BCUT2D eigenvalue weighted by Gasteiger charge is 2.25. The van der Waals surface area contributed by atoms with Gasteiger partial charge in [-0.1, -0.05) is 29.8 Å². The highest BCUT2D eigenvalue weighted by Crippen LogP contribution is 2.30. The SMILES string of the molecule is N#CC(=C(O)COc1ccc([N+](=O)[O-])cc1Cl)c1nnc(N2CCOCC2)n1-c1ccccc1. The van der Waals surface area contributed by atoms with Gasteiger partial charge in [0.2, 0.25) is 5.95 Å². The topological polar surface area (TPSA) is 140 Å². The number of hydrogen-bond donors (Lipinski definition) is 1. The Morgan fingerprint density at radius 2 is 1.97 bits per heavy atom. The Kier molecular flexibility index (Phi) is 6.91. The summed E-state index contributed by atoms with van der Waals surface area (Å²) in [4.78, 5) is 12.3. The molecule has 1 N–H and O–H groups in total. The van der Waals surface area contributed by atoms with Crippen LogP contribution in [0.25, 0.3) is 11.3 Å². The normalized spacial score (nSPS) is 14.3. The number of non-ortho nitro benzene ring substituents is 1. The van der Waals surface area contributed by atoms with E-state index in [4.69, 9.17) is 21.1 Å². The van der Waals surface area contributed by atoms with Crippen molar-refractivity contribution in [3.8, 4) is 17.5 Å². The minimum Gasteiger partial charge on any atom is -0.507 e. The van der Waals surface area contributed by atoms with Crippen LogP contribution in [0.4, 0.5) is 11.6 Å². The molecule has 0 atom stereocenters. The van der Waals surface area contributed by atoms with Crippen molar-refractivity contribution in [3.05, 3.63) is 75.3 Å². The molecule has 0 aliphatic carbocycles. The van der Waals surface area contributed by atoms with Crippen LogP contribution >= 0.6 is 11.6 Å². The van der Waals surface area contributed by atoms with Crippen LogP contribution in [-0.2, 0) is 4.74 Å². The van der Waals surface area contributed by atoms with Gasteiger partial charge in [-0.3, -0.25) is 14.7 Å². The highest BCUT2D eigenvalue weighted by molar-refractivity contribution is 6.32. The lowest BCUT2D eigenvalue weighted by atomic mass is 10.2. The number of aromatic nitrogens is 3. The molecule has 2 heterocycles. The number of nitro benzene ring substituents is 1. The van der Waals surface area contributed by atoms with Crippen molar-refractivity contribution in [3.63, 3.8) is 0 Å². The van der Waals surface area contributed by atoms with Crippen molar-refractivity contribution >= 4 is 28.8 Å². The van der Waals surface area contributed by atoms with Gasteiger partial charge in [0.25, 0.3) is 5.69 Å². The first-order valence-corrected chi connectivity index (χ1v) is 10.6. The molecule has 3 aromatic rings. The summed E-state index contributed by atoms with van der Waals surface area (Å²) in [6.07, 6.45) is 0. The number of rotatable bonds is 7. The van der Waals surface area contributed by atoms with Gasteiger partial charge in [0, 0.05) is 25.2 Å². The Bertz CT molecular complexity index is 1260. The molecule has 0 saturated carbocycles. The summed E-state index contributed by atoms with van der Waals surface area (Å²) in [5.74, 6) is 0.389. The second-order valence-corrected chi connectivity index (χ2v) is 7.60. The molecule has 0 spiro atoms. The van der Waals surface area contributed by atoms with E-state index < -0.39 is 17.3 Å². The van der Waals surface area contributed by atoms with E-state index in [0.29, 0.717) is 37.9 Å². The van der Waals surface area contributed by atoms with Gasteiger partial charge in [0.15, 0.2) is 11.6 Å². The third-order valence-electron chi connectivity index (χ3n) is 5.07. The zero-order valence-electron chi connectivity index (χ0n) is 17.8. The molecule has 12 heteroatoms. The number of ether oxygens (including phenoxy) is 2. The van der Waals surface area contributed by atoms with E-state index >= 15 is 0 Å². The zero-order valence-corrected chi connectivity index (χ0v) is 18.6. The van der Waals surface area contributed by atoms with Crippen molar-refractivity contribution in [2.75, 3.05) is 37.8 Å². The summed E-state index contributed by atoms with van der Waals surface area (Å²) in [7, 11) is 0. The average Bonchev–Trinajstić information content (AvgIpc) is 3.29. The number of para-hydroxylation sites is 1. The Morgan fingerprint density at radius 3 is 2.62 bits per heavy atom. The summed E-state index contributed by atoms with van der Waals surface area (Å²) in [5, 5.41) is 39.9. The van der Waals surface area contributed by atoms with Gasteiger partial charge in [-0.15, -0.1) is 10.2 Å². The van der Waals surface area contributed by atoms with Crippen molar-refractivity contribution in [2.24, 2.45) is 0 Å². The van der Waals surface area contributed by atoms with Gasteiger partial charge >= 0.3 is 0 Å². The fourth-order valence-electron chi connectivity index (χ4n) is 3.40. The number of hydrogen-bond acceptors (Lipinski definition) is 9.